The number of nitrogens with one attached hydrogen (secondary N) is 1. The van der Waals surface area contributed by atoms with E-state index in [9.17, 15) is 43.2 Å². The summed E-state index contributed by atoms with van der Waals surface area (Å²) in [5, 5.41) is 13.4. The van der Waals surface area contributed by atoms with Gasteiger partial charge in [0.05, 0.1) is 32.5 Å². The van der Waals surface area contributed by atoms with Gasteiger partial charge in [-0.05, 0) is 25.7 Å². The first kappa shape index (κ1) is 90.1. The smallest absolute Gasteiger partial charge is 0.463 e. The molecule has 0 fully saturated rings. The number of carbonyl (C=O) groups is 4. The number of carbonyl (C=O) groups excluding carboxylic acids is 4. The van der Waals surface area contributed by atoms with E-state index in [2.05, 4.69) is 33.0 Å². The first-order chi connectivity index (χ1) is 44.7. The lowest BCUT2D eigenvalue weighted by atomic mass is 10.0. The maximum atomic E-state index is 13.1. The molecule has 0 saturated carbocycles. The van der Waals surface area contributed by atoms with E-state index in [4.69, 9.17) is 32.3 Å². The Labute approximate surface area is 562 Å². The normalized spacial score (nSPS) is 13.9. The molecule has 0 spiro atoms. The van der Waals surface area contributed by atoms with Crippen LogP contribution >= 0.6 is 15.6 Å². The Morgan fingerprint density at radius 1 is 0.304 bits per heavy atom. The van der Waals surface area contributed by atoms with Crippen molar-refractivity contribution in [1.29, 1.82) is 0 Å². The minimum absolute atomic E-state index is 0.112. The van der Waals surface area contributed by atoms with Crippen molar-refractivity contribution in [3.63, 3.8) is 0 Å². The third kappa shape index (κ3) is 66.7. The van der Waals surface area contributed by atoms with Crippen LogP contribution in [0.3, 0.4) is 0 Å². The van der Waals surface area contributed by atoms with E-state index < -0.39 is 84.8 Å². The van der Waals surface area contributed by atoms with Crippen LogP contribution in [0.5, 0.6) is 0 Å². The van der Waals surface area contributed by atoms with Gasteiger partial charge in [0, 0.05) is 25.7 Å². The largest absolute Gasteiger partial charge is 0.472 e. The van der Waals surface area contributed by atoms with Gasteiger partial charge in [-0.15, -0.1) is 0 Å². The number of aliphatic hydroxyl groups is 1. The maximum absolute atomic E-state index is 13.1. The highest BCUT2D eigenvalue weighted by molar-refractivity contribution is 7.47. The SMILES string of the molecule is CCCCCCCCCCCCCCCC(=O)NC(COC(=O)CCCCCCCCCCCCCCC)COP(=O)(O)OCC(O)COP(=O)(O)OCC(COC(=O)CCCCCCCCCCCCCCC)OC(=O)CCCCCCCCCCCCCCC. The highest BCUT2D eigenvalue weighted by atomic mass is 31.2. The van der Waals surface area contributed by atoms with Crippen molar-refractivity contribution in [2.45, 2.75) is 406 Å². The molecule has 5 unspecified atom stereocenters. The van der Waals surface area contributed by atoms with E-state index in [-0.39, 0.29) is 38.2 Å². The topological polar surface area (TPSA) is 240 Å². The van der Waals surface area contributed by atoms with Crippen molar-refractivity contribution >= 4 is 39.5 Å². The molecule has 0 aliphatic rings. The van der Waals surface area contributed by atoms with Crippen molar-refractivity contribution < 1.29 is 75.5 Å². The minimum Gasteiger partial charge on any atom is -0.463 e. The number of amides is 1. The molecule has 0 rings (SSSR count). The lowest BCUT2D eigenvalue weighted by Crippen LogP contribution is -2.42. The number of unbranched alkanes of at least 4 members (excludes halogenated alkanes) is 48. The summed E-state index contributed by atoms with van der Waals surface area (Å²) < 4.78 is 63.1. The van der Waals surface area contributed by atoms with Crippen LogP contribution in [-0.2, 0) is 60.6 Å². The molecule has 546 valence electrons. The summed E-state index contributed by atoms with van der Waals surface area (Å²) in [6.45, 7) is 5.25. The zero-order valence-electron chi connectivity index (χ0n) is 59.6. The predicted octanol–water partition coefficient (Wildman–Crippen LogP) is 21.0. The van der Waals surface area contributed by atoms with Crippen molar-refractivity contribution in [1.82, 2.24) is 5.32 Å². The molecular weight excluding hydrogens is 1210 g/mol. The quantitative estimate of drug-likeness (QED) is 0.0192. The molecule has 0 aliphatic carbocycles. The van der Waals surface area contributed by atoms with Gasteiger partial charge in [-0.2, -0.15) is 0 Å². The molecule has 1 amide bonds. The van der Waals surface area contributed by atoms with Gasteiger partial charge >= 0.3 is 33.6 Å². The molecule has 17 nitrogen and oxygen atoms in total. The van der Waals surface area contributed by atoms with Gasteiger partial charge in [0.2, 0.25) is 5.91 Å². The van der Waals surface area contributed by atoms with E-state index in [1.165, 1.54) is 225 Å². The highest BCUT2D eigenvalue weighted by Crippen LogP contribution is 2.45. The maximum Gasteiger partial charge on any atom is 0.472 e. The Morgan fingerprint density at radius 3 is 0.848 bits per heavy atom. The third-order valence-electron chi connectivity index (χ3n) is 17.2. The van der Waals surface area contributed by atoms with Crippen LogP contribution < -0.4 is 5.32 Å². The van der Waals surface area contributed by atoms with Crippen molar-refractivity contribution in [3.8, 4) is 0 Å². The predicted molar refractivity (Wildman–Crippen MR) is 374 cm³/mol. The van der Waals surface area contributed by atoms with E-state index in [1.807, 2.05) is 0 Å². The van der Waals surface area contributed by atoms with Gasteiger partial charge in [-0.25, -0.2) is 9.13 Å². The molecule has 4 N–H and O–H groups in total. The van der Waals surface area contributed by atoms with E-state index >= 15 is 0 Å². The van der Waals surface area contributed by atoms with Crippen LogP contribution in [0.15, 0.2) is 0 Å². The van der Waals surface area contributed by atoms with Gasteiger partial charge in [0.15, 0.2) is 6.10 Å². The Balaban J connectivity index is 5.25. The summed E-state index contributed by atoms with van der Waals surface area (Å²) in [6, 6.07) is -0.982. The second-order valence-corrected chi connectivity index (χ2v) is 29.4. The Morgan fingerprint density at radius 2 is 0.543 bits per heavy atom. The fraction of sp³-hybridized carbons (Fsp3) is 0.945. The number of aliphatic hydroxyl groups excluding tert-OH is 1. The summed E-state index contributed by atoms with van der Waals surface area (Å²) in [5.74, 6) is -1.81. The summed E-state index contributed by atoms with van der Waals surface area (Å²) in [6.07, 6.45) is 58.3. The molecule has 0 heterocycles. The van der Waals surface area contributed by atoms with Crippen molar-refractivity contribution in [2.75, 3.05) is 39.6 Å². The Kier molecular flexibility index (Phi) is 66.2. The zero-order valence-corrected chi connectivity index (χ0v) is 61.4. The van der Waals surface area contributed by atoms with Crippen molar-refractivity contribution in [3.05, 3.63) is 0 Å². The third-order valence-corrected chi connectivity index (χ3v) is 19.1. The fourth-order valence-corrected chi connectivity index (χ4v) is 12.9. The van der Waals surface area contributed by atoms with Crippen LogP contribution in [0, 0.1) is 0 Å². The van der Waals surface area contributed by atoms with E-state index in [1.54, 1.807) is 0 Å². The molecule has 5 atom stereocenters. The van der Waals surface area contributed by atoms with Gasteiger partial charge in [-0.1, -0.05) is 336 Å². The second-order valence-electron chi connectivity index (χ2n) is 26.5. The van der Waals surface area contributed by atoms with Gasteiger partial charge in [-0.3, -0.25) is 37.3 Å². The zero-order chi connectivity index (χ0) is 67.5. The Bertz CT molecular complexity index is 1640. The van der Waals surface area contributed by atoms with Crippen LogP contribution in [0.1, 0.15) is 387 Å². The van der Waals surface area contributed by atoms with Gasteiger partial charge < -0.3 is 34.4 Å². The monoisotopic (exact) mass is 1350 g/mol. The van der Waals surface area contributed by atoms with Crippen LogP contribution in [-0.4, -0.2) is 96.6 Å². The first-order valence-corrected chi connectivity index (χ1v) is 41.4. The number of phosphoric ester groups is 2. The number of phosphoric acid groups is 2. The molecule has 19 heteroatoms. The van der Waals surface area contributed by atoms with Crippen LogP contribution in [0.2, 0.25) is 0 Å². The average molecular weight is 1350 g/mol. The van der Waals surface area contributed by atoms with E-state index in [0.717, 1.165) is 83.5 Å². The molecule has 0 aromatic carbocycles. The van der Waals surface area contributed by atoms with Crippen LogP contribution in [0.25, 0.3) is 0 Å². The summed E-state index contributed by atoms with van der Waals surface area (Å²) >= 11 is 0. The molecule has 92 heavy (non-hydrogen) atoms. The average Bonchev–Trinajstić information content (AvgIpc) is 3.45. The standard InChI is InChI=1S/C73H143NO16P2/c1-5-9-13-17-21-25-29-33-37-41-45-49-53-57-70(76)74-67(61-84-71(77)58-54-50-46-42-38-34-30-26-22-18-14-10-6-2)62-86-91(80,81)87-63-68(75)64-88-92(82,83)89-66-69(90-73(79)60-56-52-48-44-40-36-32-28-24-20-16-12-8-4)65-85-72(78)59-55-51-47-43-39-35-31-27-23-19-15-11-7-3/h67-69,75H,5-66H2,1-4H3,(H,74,76)(H,80,81)(H,82,83). The number of hydrogen-bond acceptors (Lipinski definition) is 14. The molecule has 0 aliphatic heterocycles. The van der Waals surface area contributed by atoms with Gasteiger partial charge in [0.25, 0.3) is 0 Å². The highest BCUT2D eigenvalue weighted by Gasteiger charge is 2.30. The summed E-state index contributed by atoms with van der Waals surface area (Å²) in [5.41, 5.74) is 0. The fourth-order valence-electron chi connectivity index (χ4n) is 11.3. The lowest BCUT2D eigenvalue weighted by Gasteiger charge is -2.22. The van der Waals surface area contributed by atoms with Gasteiger partial charge in [0.1, 0.15) is 19.3 Å². The molecule has 0 aromatic rings. The Hall–Kier alpha value is -1.94. The molecule has 0 radical (unpaired) electrons. The van der Waals surface area contributed by atoms with Crippen molar-refractivity contribution in [2.24, 2.45) is 0 Å². The molecular formula is C73H143NO16P2. The molecule has 0 aromatic heterocycles. The first-order valence-electron chi connectivity index (χ1n) is 38.4. The number of rotatable bonds is 74. The number of hydrogen-bond donors (Lipinski definition) is 4. The second kappa shape index (κ2) is 67.6. The molecule has 0 bridgehead atoms. The number of esters is 3. The van der Waals surface area contributed by atoms with Crippen LogP contribution in [0.4, 0.5) is 0 Å². The molecule has 0 saturated heterocycles. The van der Waals surface area contributed by atoms with E-state index in [0.29, 0.717) is 25.7 Å². The number of ether oxygens (including phenoxy) is 3. The summed E-state index contributed by atoms with van der Waals surface area (Å²) in [7, 11) is -9.85. The minimum atomic E-state index is -4.94. The lowest BCUT2D eigenvalue weighted by molar-refractivity contribution is -0.161. The summed E-state index contributed by atoms with van der Waals surface area (Å²) in [4.78, 5) is 72.9.